The second kappa shape index (κ2) is 9.26. The summed E-state index contributed by atoms with van der Waals surface area (Å²) in [6, 6.07) is 13.4. The van der Waals surface area contributed by atoms with Gasteiger partial charge >= 0.3 is 11.9 Å². The molecule has 0 spiro atoms. The number of methoxy groups -OCH3 is 2. The average Bonchev–Trinajstić information content (AvgIpc) is 2.61. The van der Waals surface area contributed by atoms with Crippen LogP contribution in [0.25, 0.3) is 0 Å². The molecule has 0 amide bonds. The molecule has 0 atom stereocenters. The minimum atomic E-state index is -0.505. The van der Waals surface area contributed by atoms with Gasteiger partial charge in [-0.15, -0.1) is 17.5 Å². The monoisotopic (exact) mass is 349 g/mol. The van der Waals surface area contributed by atoms with Gasteiger partial charge in [-0.1, -0.05) is 29.5 Å². The smallest absolute Gasteiger partial charge is 0.340 e. The first kappa shape index (κ1) is 19.1. The first-order chi connectivity index (χ1) is 11.2. The third-order valence-corrected chi connectivity index (χ3v) is 2.97. The van der Waals surface area contributed by atoms with Crippen LogP contribution in [0.4, 0.5) is 11.4 Å². The highest BCUT2D eigenvalue weighted by Crippen LogP contribution is 2.21. The van der Waals surface area contributed by atoms with E-state index in [1.54, 1.807) is 48.5 Å². The average molecular weight is 350 g/mol. The molecule has 126 valence electrons. The summed E-state index contributed by atoms with van der Waals surface area (Å²) in [5.74, 6) is -0.993. The predicted octanol–water partition coefficient (Wildman–Crippen LogP) is 3.79. The maximum Gasteiger partial charge on any atom is 0.340 e. The van der Waals surface area contributed by atoms with Crippen molar-refractivity contribution >= 4 is 35.7 Å². The number of rotatable bonds is 5. The molecule has 0 radical (unpaired) electrons. The number of hydrogen-bond acceptors (Lipinski definition) is 6. The minimum absolute atomic E-state index is 0. The Morgan fingerprint density at radius 3 is 2.08 bits per heavy atom. The molecule has 0 unspecified atom stereocenters. The first-order valence-electron chi connectivity index (χ1n) is 6.68. The molecule has 7 nitrogen and oxygen atoms in total. The van der Waals surface area contributed by atoms with Crippen LogP contribution in [0, 0.1) is 0 Å². The lowest BCUT2D eigenvalue weighted by molar-refractivity contribution is 0.0593. The normalized spacial score (nSPS) is 9.92. The molecule has 24 heavy (non-hydrogen) atoms. The third kappa shape index (κ3) is 4.53. The summed E-state index contributed by atoms with van der Waals surface area (Å²) in [6.45, 7) is 0. The van der Waals surface area contributed by atoms with Crippen LogP contribution in [0.15, 0.2) is 58.9 Å². The molecule has 0 aliphatic carbocycles. The molecule has 2 rings (SSSR count). The first-order valence-corrected chi connectivity index (χ1v) is 6.68. The number of benzene rings is 2. The van der Waals surface area contributed by atoms with E-state index >= 15 is 0 Å². The topological polar surface area (TPSA) is 89.4 Å². The van der Waals surface area contributed by atoms with Crippen LogP contribution in [0.2, 0.25) is 0 Å². The standard InChI is InChI=1S/C16H15N3O4.ClH/c1-22-15(20)11-7-3-5-9-13(11)17-19-18-14-10-6-4-8-12(14)16(21)23-2;/h3-10H,1-2H3,(H,17,18);1H. The molecule has 1 N–H and O–H groups in total. The number of para-hydroxylation sites is 1. The molecule has 0 aromatic heterocycles. The maximum absolute atomic E-state index is 11.7. The van der Waals surface area contributed by atoms with E-state index in [2.05, 4.69) is 20.5 Å². The Bertz CT molecular complexity index is 750. The van der Waals surface area contributed by atoms with Gasteiger partial charge in [0.2, 0.25) is 0 Å². The summed E-state index contributed by atoms with van der Waals surface area (Å²) in [6.07, 6.45) is 0. The molecular weight excluding hydrogens is 334 g/mol. The second-order valence-corrected chi connectivity index (χ2v) is 4.36. The van der Waals surface area contributed by atoms with Gasteiger partial charge in [-0.3, -0.25) is 5.43 Å². The Balaban J connectivity index is 0.00000288. The fraction of sp³-hybridized carbons (Fsp3) is 0.125. The zero-order chi connectivity index (χ0) is 16.7. The van der Waals surface area contributed by atoms with Gasteiger partial charge in [0.1, 0.15) is 5.69 Å². The SMILES string of the molecule is COC(=O)c1ccccc1N=NNc1ccccc1C(=O)OC.Cl. The van der Waals surface area contributed by atoms with Crippen molar-refractivity contribution in [1.82, 2.24) is 0 Å². The third-order valence-electron chi connectivity index (χ3n) is 2.97. The largest absolute Gasteiger partial charge is 0.465 e. The van der Waals surface area contributed by atoms with Gasteiger partial charge in [0.05, 0.1) is 31.0 Å². The Morgan fingerprint density at radius 1 is 0.875 bits per heavy atom. The predicted molar refractivity (Wildman–Crippen MR) is 90.9 cm³/mol. The lowest BCUT2D eigenvalue weighted by Crippen LogP contribution is -2.04. The van der Waals surface area contributed by atoms with Gasteiger partial charge < -0.3 is 9.47 Å². The lowest BCUT2D eigenvalue weighted by atomic mass is 10.2. The van der Waals surface area contributed by atoms with Crippen molar-refractivity contribution in [2.45, 2.75) is 0 Å². The van der Waals surface area contributed by atoms with Crippen molar-refractivity contribution in [1.29, 1.82) is 0 Å². The number of nitrogens with zero attached hydrogens (tertiary/aromatic N) is 2. The van der Waals surface area contributed by atoms with E-state index in [1.165, 1.54) is 14.2 Å². The van der Waals surface area contributed by atoms with Crippen LogP contribution < -0.4 is 5.43 Å². The van der Waals surface area contributed by atoms with Crippen LogP contribution in [-0.2, 0) is 9.47 Å². The fourth-order valence-electron chi connectivity index (χ4n) is 1.84. The zero-order valence-electron chi connectivity index (χ0n) is 13.1. The van der Waals surface area contributed by atoms with E-state index in [-0.39, 0.29) is 12.4 Å². The maximum atomic E-state index is 11.7. The molecule has 0 fully saturated rings. The lowest BCUT2D eigenvalue weighted by Gasteiger charge is -2.06. The molecule has 2 aromatic rings. The van der Waals surface area contributed by atoms with E-state index < -0.39 is 11.9 Å². The van der Waals surface area contributed by atoms with Gasteiger partial charge in [0.15, 0.2) is 0 Å². The molecule has 2 aromatic carbocycles. The van der Waals surface area contributed by atoms with Gasteiger partial charge in [-0.2, -0.15) is 0 Å². The van der Waals surface area contributed by atoms with Crippen LogP contribution in [0.5, 0.6) is 0 Å². The van der Waals surface area contributed by atoms with Gasteiger partial charge in [0, 0.05) is 0 Å². The number of anilines is 1. The fourth-order valence-corrected chi connectivity index (χ4v) is 1.84. The highest BCUT2D eigenvalue weighted by Gasteiger charge is 2.12. The van der Waals surface area contributed by atoms with E-state index in [9.17, 15) is 9.59 Å². The van der Waals surface area contributed by atoms with Crippen molar-refractivity contribution in [3.63, 3.8) is 0 Å². The van der Waals surface area contributed by atoms with Crippen molar-refractivity contribution < 1.29 is 19.1 Å². The molecule has 8 heteroatoms. The second-order valence-electron chi connectivity index (χ2n) is 4.36. The van der Waals surface area contributed by atoms with Crippen LogP contribution >= 0.6 is 12.4 Å². The van der Waals surface area contributed by atoms with Gasteiger partial charge in [0.25, 0.3) is 0 Å². The Labute approximate surface area is 145 Å². The number of esters is 2. The summed E-state index contributed by atoms with van der Waals surface area (Å²) in [5, 5.41) is 7.78. The van der Waals surface area contributed by atoms with Crippen molar-refractivity contribution in [2.75, 3.05) is 19.6 Å². The number of halogens is 1. The molecule has 0 bridgehead atoms. The quantitative estimate of drug-likeness (QED) is 0.504. The summed E-state index contributed by atoms with van der Waals surface area (Å²) in [4.78, 5) is 23.3. The summed E-state index contributed by atoms with van der Waals surface area (Å²) < 4.78 is 9.38. The minimum Gasteiger partial charge on any atom is -0.465 e. The highest BCUT2D eigenvalue weighted by molar-refractivity contribution is 5.95. The molecular formula is C16H16ClN3O4. The van der Waals surface area contributed by atoms with E-state index in [1.807, 2.05) is 0 Å². The molecule has 0 heterocycles. The molecule has 0 saturated carbocycles. The Kier molecular flexibility index (Phi) is 7.38. The van der Waals surface area contributed by atoms with Crippen molar-refractivity contribution in [3.8, 4) is 0 Å². The van der Waals surface area contributed by atoms with Gasteiger partial charge in [-0.25, -0.2) is 9.59 Å². The van der Waals surface area contributed by atoms with E-state index in [0.29, 0.717) is 22.5 Å². The van der Waals surface area contributed by atoms with Crippen molar-refractivity contribution in [2.24, 2.45) is 10.3 Å². The van der Waals surface area contributed by atoms with Crippen LogP contribution in [0.3, 0.4) is 0 Å². The van der Waals surface area contributed by atoms with E-state index in [4.69, 9.17) is 4.74 Å². The molecule has 0 aliphatic rings. The number of carbonyl (C=O) groups is 2. The summed E-state index contributed by atoms with van der Waals surface area (Å²) >= 11 is 0. The Hall–Kier alpha value is -2.93. The Morgan fingerprint density at radius 2 is 1.42 bits per heavy atom. The molecule has 0 aliphatic heterocycles. The van der Waals surface area contributed by atoms with Crippen molar-refractivity contribution in [3.05, 3.63) is 59.7 Å². The van der Waals surface area contributed by atoms with E-state index in [0.717, 1.165) is 0 Å². The number of carbonyl (C=O) groups excluding carboxylic acids is 2. The van der Waals surface area contributed by atoms with Gasteiger partial charge in [-0.05, 0) is 24.3 Å². The highest BCUT2D eigenvalue weighted by atomic mass is 35.5. The molecule has 0 saturated heterocycles. The number of hydrogen-bond donors (Lipinski definition) is 1. The summed E-state index contributed by atoms with van der Waals surface area (Å²) in [5.41, 5.74) is 4.08. The number of ether oxygens (including phenoxy) is 2. The number of nitrogens with one attached hydrogen (secondary N) is 1. The van der Waals surface area contributed by atoms with Crippen LogP contribution in [0.1, 0.15) is 20.7 Å². The van der Waals surface area contributed by atoms with Crippen LogP contribution in [-0.4, -0.2) is 26.2 Å². The summed E-state index contributed by atoms with van der Waals surface area (Å²) in [7, 11) is 2.59. The zero-order valence-corrected chi connectivity index (χ0v) is 13.9.